The summed E-state index contributed by atoms with van der Waals surface area (Å²) < 4.78 is 0. The molecule has 0 aromatic heterocycles. The number of benzene rings is 1. The van der Waals surface area contributed by atoms with Gasteiger partial charge in [0.15, 0.2) is 0 Å². The molecule has 102 valence electrons. The van der Waals surface area contributed by atoms with E-state index in [-0.39, 0.29) is 12.1 Å². The van der Waals surface area contributed by atoms with Gasteiger partial charge in [0.2, 0.25) is 0 Å². The Hall–Kier alpha value is -0.970. The number of hydrogen-bond acceptors (Lipinski definition) is 2. The van der Waals surface area contributed by atoms with Crippen molar-refractivity contribution < 1.29 is 4.79 Å². The number of nitrogens with zero attached hydrogens (tertiary/aromatic N) is 2. The van der Waals surface area contributed by atoms with Gasteiger partial charge in [-0.3, -0.25) is 0 Å². The van der Waals surface area contributed by atoms with Crippen LogP contribution in [0.4, 0.5) is 4.79 Å². The molecule has 3 rings (SSSR count). The monoisotopic (exact) mass is 299 g/mol. The number of hydrogen-bond donors (Lipinski definition) is 1. The van der Waals surface area contributed by atoms with Crippen molar-refractivity contribution >= 4 is 29.2 Å². The predicted molar refractivity (Wildman–Crippen MR) is 75.6 cm³/mol. The Bertz CT molecular complexity index is 509. The van der Waals surface area contributed by atoms with Gasteiger partial charge in [-0.15, -0.1) is 0 Å². The number of rotatable bonds is 2. The molecular weight excluding hydrogens is 285 g/mol. The Morgan fingerprint density at radius 3 is 2.95 bits per heavy atom. The lowest BCUT2D eigenvalue weighted by Crippen LogP contribution is -2.49. The second-order valence-corrected chi connectivity index (χ2v) is 5.79. The van der Waals surface area contributed by atoms with E-state index in [9.17, 15) is 4.79 Å². The number of urea groups is 1. The zero-order chi connectivity index (χ0) is 13.4. The summed E-state index contributed by atoms with van der Waals surface area (Å²) in [7, 11) is 0. The summed E-state index contributed by atoms with van der Waals surface area (Å²) in [5.41, 5.74) is 0.937. The van der Waals surface area contributed by atoms with Crippen LogP contribution in [0.2, 0.25) is 10.0 Å². The minimum atomic E-state index is 0.109. The molecule has 2 fully saturated rings. The van der Waals surface area contributed by atoms with Gasteiger partial charge in [0.05, 0.1) is 6.04 Å². The topological polar surface area (TPSA) is 35.6 Å². The number of piperazine rings is 1. The lowest BCUT2D eigenvalue weighted by Gasteiger charge is -2.28. The van der Waals surface area contributed by atoms with E-state index in [0.29, 0.717) is 16.6 Å². The first kappa shape index (κ1) is 13.0. The molecule has 1 unspecified atom stereocenters. The molecule has 4 nitrogen and oxygen atoms in total. The van der Waals surface area contributed by atoms with E-state index in [2.05, 4.69) is 5.32 Å². The molecule has 2 heterocycles. The van der Waals surface area contributed by atoms with Crippen LogP contribution in [0.1, 0.15) is 5.56 Å². The van der Waals surface area contributed by atoms with E-state index in [4.69, 9.17) is 23.2 Å². The van der Waals surface area contributed by atoms with Crippen molar-refractivity contribution in [1.29, 1.82) is 0 Å². The first-order valence-electron chi connectivity index (χ1n) is 6.35. The second kappa shape index (κ2) is 5.19. The summed E-state index contributed by atoms with van der Waals surface area (Å²) in [6, 6.07) is 5.80. The average molecular weight is 300 g/mol. The van der Waals surface area contributed by atoms with Gasteiger partial charge in [-0.05, 0) is 17.7 Å². The molecule has 2 aliphatic rings. The maximum Gasteiger partial charge on any atom is 0.320 e. The Labute approximate surface area is 122 Å². The van der Waals surface area contributed by atoms with Gasteiger partial charge in [0.1, 0.15) is 0 Å². The Kier molecular flexibility index (Phi) is 3.56. The molecule has 2 amide bonds. The molecule has 2 aliphatic heterocycles. The summed E-state index contributed by atoms with van der Waals surface area (Å²) in [4.78, 5) is 16.1. The highest BCUT2D eigenvalue weighted by atomic mass is 35.5. The third kappa shape index (κ3) is 2.53. The van der Waals surface area contributed by atoms with Gasteiger partial charge in [-0.1, -0.05) is 29.3 Å². The summed E-state index contributed by atoms with van der Waals surface area (Å²) in [6.07, 6.45) is 0. The van der Waals surface area contributed by atoms with Crippen molar-refractivity contribution in [3.63, 3.8) is 0 Å². The van der Waals surface area contributed by atoms with Crippen LogP contribution >= 0.6 is 23.2 Å². The van der Waals surface area contributed by atoms with E-state index < -0.39 is 0 Å². The number of fused-ring (bicyclic) bond motifs is 1. The highest BCUT2D eigenvalue weighted by Crippen LogP contribution is 2.25. The summed E-state index contributed by atoms with van der Waals surface area (Å²) in [5.74, 6) is 0. The second-order valence-electron chi connectivity index (χ2n) is 4.95. The van der Waals surface area contributed by atoms with Gasteiger partial charge in [0.25, 0.3) is 0 Å². The normalized spacial score (nSPS) is 22.8. The van der Waals surface area contributed by atoms with Crippen LogP contribution in [0.25, 0.3) is 0 Å². The van der Waals surface area contributed by atoms with Gasteiger partial charge in [0, 0.05) is 42.8 Å². The van der Waals surface area contributed by atoms with Gasteiger partial charge >= 0.3 is 6.03 Å². The molecule has 1 aromatic rings. The largest absolute Gasteiger partial charge is 0.320 e. The SMILES string of the molecule is O=C1N(Cc2ccc(Cl)cc2Cl)CC2CNCCN12. The lowest BCUT2D eigenvalue weighted by atomic mass is 10.2. The van der Waals surface area contributed by atoms with E-state index in [1.165, 1.54) is 0 Å². The third-order valence-corrected chi connectivity index (χ3v) is 4.26. The maximum atomic E-state index is 12.3. The summed E-state index contributed by atoms with van der Waals surface area (Å²) in [6.45, 7) is 3.83. The Morgan fingerprint density at radius 1 is 1.37 bits per heavy atom. The molecule has 1 atom stereocenters. The first-order valence-corrected chi connectivity index (χ1v) is 7.11. The quantitative estimate of drug-likeness (QED) is 0.909. The highest BCUT2D eigenvalue weighted by Gasteiger charge is 2.38. The number of halogens is 2. The fourth-order valence-corrected chi connectivity index (χ4v) is 3.15. The molecule has 19 heavy (non-hydrogen) atoms. The van der Waals surface area contributed by atoms with Crippen molar-refractivity contribution in [2.24, 2.45) is 0 Å². The maximum absolute atomic E-state index is 12.3. The molecule has 0 aliphatic carbocycles. The molecule has 0 saturated carbocycles. The van der Waals surface area contributed by atoms with E-state index in [1.54, 1.807) is 12.1 Å². The van der Waals surface area contributed by atoms with Gasteiger partial charge in [-0.25, -0.2) is 4.79 Å². The number of nitrogens with one attached hydrogen (secondary N) is 1. The molecule has 0 radical (unpaired) electrons. The smallest absolute Gasteiger partial charge is 0.318 e. The van der Waals surface area contributed by atoms with Crippen LogP contribution in [0.3, 0.4) is 0 Å². The van der Waals surface area contributed by atoms with Crippen LogP contribution in [0.5, 0.6) is 0 Å². The fourth-order valence-electron chi connectivity index (χ4n) is 2.68. The molecule has 1 N–H and O–H groups in total. The third-order valence-electron chi connectivity index (χ3n) is 3.67. The Morgan fingerprint density at radius 2 is 2.21 bits per heavy atom. The van der Waals surface area contributed by atoms with Crippen molar-refractivity contribution in [3.8, 4) is 0 Å². The van der Waals surface area contributed by atoms with Gasteiger partial charge in [-0.2, -0.15) is 0 Å². The van der Waals surface area contributed by atoms with Crippen molar-refractivity contribution in [3.05, 3.63) is 33.8 Å². The first-order chi connectivity index (χ1) is 9.15. The molecule has 6 heteroatoms. The van der Waals surface area contributed by atoms with Crippen LogP contribution in [0.15, 0.2) is 18.2 Å². The fraction of sp³-hybridized carbons (Fsp3) is 0.462. The molecule has 0 spiro atoms. The van der Waals surface area contributed by atoms with Crippen molar-refractivity contribution in [1.82, 2.24) is 15.1 Å². The summed E-state index contributed by atoms with van der Waals surface area (Å²) >= 11 is 12.0. The minimum Gasteiger partial charge on any atom is -0.318 e. The van der Waals surface area contributed by atoms with E-state index in [0.717, 1.165) is 31.7 Å². The molecule has 2 saturated heterocycles. The van der Waals surface area contributed by atoms with Crippen LogP contribution < -0.4 is 5.32 Å². The Balaban J connectivity index is 1.75. The summed E-state index contributed by atoms with van der Waals surface area (Å²) in [5, 5.41) is 4.54. The van der Waals surface area contributed by atoms with Gasteiger partial charge < -0.3 is 15.1 Å². The predicted octanol–water partition coefficient (Wildman–Crippen LogP) is 2.20. The number of carbonyl (C=O) groups excluding carboxylic acids is 1. The minimum absolute atomic E-state index is 0.109. The van der Waals surface area contributed by atoms with Crippen molar-refractivity contribution in [2.45, 2.75) is 12.6 Å². The molecular formula is C13H15Cl2N3O. The van der Waals surface area contributed by atoms with Crippen LogP contribution in [-0.4, -0.2) is 48.1 Å². The lowest BCUT2D eigenvalue weighted by molar-refractivity contribution is 0.178. The standard InChI is InChI=1S/C13H15Cl2N3O/c14-10-2-1-9(12(15)5-10)7-17-8-11-6-16-3-4-18(11)13(17)19/h1-2,5,11,16H,3-4,6-8H2. The zero-order valence-corrected chi connectivity index (χ0v) is 11.9. The zero-order valence-electron chi connectivity index (χ0n) is 10.4. The van der Waals surface area contributed by atoms with Crippen LogP contribution in [-0.2, 0) is 6.54 Å². The highest BCUT2D eigenvalue weighted by molar-refractivity contribution is 6.35. The number of carbonyl (C=O) groups is 1. The van der Waals surface area contributed by atoms with E-state index >= 15 is 0 Å². The molecule has 1 aromatic carbocycles. The van der Waals surface area contributed by atoms with Crippen molar-refractivity contribution in [2.75, 3.05) is 26.2 Å². The average Bonchev–Trinajstić information content (AvgIpc) is 2.70. The number of amides is 2. The molecule has 0 bridgehead atoms. The van der Waals surface area contributed by atoms with E-state index in [1.807, 2.05) is 15.9 Å². The van der Waals surface area contributed by atoms with Crippen LogP contribution in [0, 0.1) is 0 Å².